The molecule has 2 aromatic rings. The van der Waals surface area contributed by atoms with Crippen molar-refractivity contribution in [3.8, 4) is 5.75 Å². The Balaban J connectivity index is 2.10. The Hall–Kier alpha value is -2.34. The molecule has 0 aliphatic carbocycles. The lowest BCUT2D eigenvalue weighted by atomic mass is 9.99. The fourth-order valence-corrected chi connectivity index (χ4v) is 3.15. The highest BCUT2D eigenvalue weighted by atomic mass is 79.9. The second-order valence-corrected chi connectivity index (χ2v) is 7.04. The monoisotopic (exact) mass is 448 g/mol. The molecule has 0 atom stereocenters. The molecule has 0 spiro atoms. The van der Waals surface area contributed by atoms with Crippen LogP contribution in [-0.4, -0.2) is 25.2 Å². The SMILES string of the molecule is CCOC(=O)C(CCc1cc(Br)ccc1OCc1ccccc1)C(=O)OCC. The first-order chi connectivity index (χ1) is 13.5. The summed E-state index contributed by atoms with van der Waals surface area (Å²) >= 11 is 3.47. The normalized spacial score (nSPS) is 10.6. The largest absolute Gasteiger partial charge is 0.489 e. The highest BCUT2D eigenvalue weighted by molar-refractivity contribution is 9.10. The van der Waals surface area contributed by atoms with Crippen molar-refractivity contribution in [2.75, 3.05) is 13.2 Å². The molecule has 0 bridgehead atoms. The zero-order valence-corrected chi connectivity index (χ0v) is 17.7. The Morgan fingerprint density at radius 2 is 1.61 bits per heavy atom. The number of rotatable bonds is 10. The Morgan fingerprint density at radius 1 is 0.964 bits per heavy atom. The molecule has 150 valence electrons. The first kappa shape index (κ1) is 22.0. The molecule has 0 aromatic heterocycles. The van der Waals surface area contributed by atoms with Crippen molar-refractivity contribution in [3.05, 3.63) is 64.1 Å². The molecule has 28 heavy (non-hydrogen) atoms. The number of carbonyl (C=O) groups is 2. The Labute approximate surface area is 174 Å². The molecule has 2 rings (SSSR count). The summed E-state index contributed by atoms with van der Waals surface area (Å²) in [5.74, 6) is -1.33. The molecule has 0 aliphatic heterocycles. The van der Waals surface area contributed by atoms with Crippen LogP contribution < -0.4 is 4.74 Å². The molecule has 0 radical (unpaired) electrons. The molecule has 0 heterocycles. The fraction of sp³-hybridized carbons (Fsp3) is 0.364. The van der Waals surface area contributed by atoms with Gasteiger partial charge >= 0.3 is 11.9 Å². The molecule has 0 fully saturated rings. The number of ether oxygens (including phenoxy) is 3. The van der Waals surface area contributed by atoms with Crippen molar-refractivity contribution in [3.63, 3.8) is 0 Å². The molecule has 0 aliphatic rings. The summed E-state index contributed by atoms with van der Waals surface area (Å²) in [6.45, 7) is 4.30. The van der Waals surface area contributed by atoms with Crippen LogP contribution in [-0.2, 0) is 32.1 Å². The quantitative estimate of drug-likeness (QED) is 0.389. The van der Waals surface area contributed by atoms with Gasteiger partial charge in [-0.2, -0.15) is 0 Å². The lowest BCUT2D eigenvalue weighted by Crippen LogP contribution is -2.28. The van der Waals surface area contributed by atoms with Crippen LogP contribution in [0.1, 0.15) is 31.4 Å². The average Bonchev–Trinajstić information content (AvgIpc) is 2.68. The summed E-state index contributed by atoms with van der Waals surface area (Å²) in [6.07, 6.45) is 0.766. The van der Waals surface area contributed by atoms with E-state index in [9.17, 15) is 9.59 Å². The Morgan fingerprint density at radius 3 is 2.21 bits per heavy atom. The second kappa shape index (κ2) is 11.5. The van der Waals surface area contributed by atoms with Gasteiger partial charge in [0, 0.05) is 4.47 Å². The van der Waals surface area contributed by atoms with Gasteiger partial charge in [-0.3, -0.25) is 9.59 Å². The van der Waals surface area contributed by atoms with Crippen LogP contribution in [0.15, 0.2) is 53.0 Å². The molecule has 0 unspecified atom stereocenters. The number of carbonyl (C=O) groups excluding carboxylic acids is 2. The summed E-state index contributed by atoms with van der Waals surface area (Å²) in [6, 6.07) is 15.6. The molecule has 0 N–H and O–H groups in total. The van der Waals surface area contributed by atoms with Crippen LogP contribution in [0, 0.1) is 5.92 Å². The third-order valence-corrected chi connectivity index (χ3v) is 4.60. The number of halogens is 1. The summed E-state index contributed by atoms with van der Waals surface area (Å²) in [5, 5.41) is 0. The number of hydrogen-bond donors (Lipinski definition) is 0. The lowest BCUT2D eigenvalue weighted by molar-refractivity contribution is -0.161. The molecular weight excluding hydrogens is 424 g/mol. The number of benzene rings is 2. The Bertz CT molecular complexity index is 758. The van der Waals surface area contributed by atoms with Crippen LogP contribution in [0.2, 0.25) is 0 Å². The van der Waals surface area contributed by atoms with E-state index in [1.165, 1.54) is 0 Å². The minimum absolute atomic E-state index is 0.219. The second-order valence-electron chi connectivity index (χ2n) is 6.12. The maximum Gasteiger partial charge on any atom is 0.320 e. The van der Waals surface area contributed by atoms with Gasteiger partial charge in [-0.05, 0) is 56.0 Å². The number of esters is 2. The summed E-state index contributed by atoms with van der Waals surface area (Å²) in [5.41, 5.74) is 1.97. The topological polar surface area (TPSA) is 61.8 Å². The van der Waals surface area contributed by atoms with Gasteiger partial charge < -0.3 is 14.2 Å². The maximum atomic E-state index is 12.2. The van der Waals surface area contributed by atoms with E-state index in [0.29, 0.717) is 13.0 Å². The van der Waals surface area contributed by atoms with Crippen molar-refractivity contribution in [1.29, 1.82) is 0 Å². The molecular formula is C22H25BrO5. The Kier molecular flexibility index (Phi) is 9.01. The van der Waals surface area contributed by atoms with Gasteiger partial charge in [-0.1, -0.05) is 46.3 Å². The molecule has 0 saturated carbocycles. The van der Waals surface area contributed by atoms with Crippen LogP contribution in [0.3, 0.4) is 0 Å². The number of aryl methyl sites for hydroxylation is 1. The summed E-state index contributed by atoms with van der Waals surface area (Å²) < 4.78 is 17.0. The predicted molar refractivity (Wildman–Crippen MR) is 110 cm³/mol. The molecule has 5 nitrogen and oxygen atoms in total. The smallest absolute Gasteiger partial charge is 0.320 e. The minimum Gasteiger partial charge on any atom is -0.489 e. The van der Waals surface area contributed by atoms with Gasteiger partial charge in [0.15, 0.2) is 5.92 Å². The van der Waals surface area contributed by atoms with Gasteiger partial charge in [0.2, 0.25) is 0 Å². The summed E-state index contributed by atoms with van der Waals surface area (Å²) in [7, 11) is 0. The van der Waals surface area contributed by atoms with E-state index >= 15 is 0 Å². The van der Waals surface area contributed by atoms with Gasteiger partial charge in [0.25, 0.3) is 0 Å². The first-order valence-electron chi connectivity index (χ1n) is 9.33. The number of hydrogen-bond acceptors (Lipinski definition) is 5. The molecule has 0 amide bonds. The van der Waals surface area contributed by atoms with E-state index in [2.05, 4.69) is 15.9 Å². The van der Waals surface area contributed by atoms with Crippen molar-refractivity contribution in [2.24, 2.45) is 5.92 Å². The van der Waals surface area contributed by atoms with Crippen molar-refractivity contribution in [1.82, 2.24) is 0 Å². The van der Waals surface area contributed by atoms with E-state index in [1.54, 1.807) is 13.8 Å². The van der Waals surface area contributed by atoms with Crippen molar-refractivity contribution < 1.29 is 23.8 Å². The lowest BCUT2D eigenvalue weighted by Gasteiger charge is -2.16. The molecule has 0 saturated heterocycles. The van der Waals surface area contributed by atoms with Crippen LogP contribution >= 0.6 is 15.9 Å². The predicted octanol–water partition coefficient (Wildman–Crippen LogP) is 4.70. The third kappa shape index (κ3) is 6.68. The van der Waals surface area contributed by atoms with Crippen molar-refractivity contribution in [2.45, 2.75) is 33.3 Å². The van der Waals surface area contributed by atoms with Gasteiger partial charge in [0.1, 0.15) is 12.4 Å². The zero-order chi connectivity index (χ0) is 20.4. The van der Waals surface area contributed by atoms with Crippen molar-refractivity contribution >= 4 is 27.9 Å². The fourth-order valence-electron chi connectivity index (χ4n) is 2.74. The van der Waals surface area contributed by atoms with E-state index in [-0.39, 0.29) is 19.6 Å². The minimum atomic E-state index is -0.944. The summed E-state index contributed by atoms with van der Waals surface area (Å²) in [4.78, 5) is 24.4. The third-order valence-electron chi connectivity index (χ3n) is 4.10. The highest BCUT2D eigenvalue weighted by Crippen LogP contribution is 2.27. The van der Waals surface area contributed by atoms with E-state index in [1.807, 2.05) is 48.5 Å². The highest BCUT2D eigenvalue weighted by Gasteiger charge is 2.29. The van der Waals surface area contributed by atoms with Crippen LogP contribution in [0.25, 0.3) is 0 Å². The van der Waals surface area contributed by atoms with Gasteiger partial charge in [-0.25, -0.2) is 0 Å². The van der Waals surface area contributed by atoms with Gasteiger partial charge in [-0.15, -0.1) is 0 Å². The standard InChI is InChI=1S/C22H25BrO5/c1-3-26-21(24)19(22(25)27-4-2)12-10-17-14-18(23)11-13-20(17)28-15-16-8-6-5-7-9-16/h5-9,11,13-14,19H,3-4,10,12,15H2,1-2H3. The average molecular weight is 449 g/mol. The molecule has 6 heteroatoms. The zero-order valence-electron chi connectivity index (χ0n) is 16.2. The van der Waals surface area contributed by atoms with Gasteiger partial charge in [0.05, 0.1) is 13.2 Å². The van der Waals surface area contributed by atoms with E-state index in [0.717, 1.165) is 21.3 Å². The molecule has 2 aromatic carbocycles. The first-order valence-corrected chi connectivity index (χ1v) is 10.1. The van der Waals surface area contributed by atoms with E-state index in [4.69, 9.17) is 14.2 Å². The van der Waals surface area contributed by atoms with Crippen LogP contribution in [0.4, 0.5) is 0 Å². The maximum absolute atomic E-state index is 12.2. The van der Waals surface area contributed by atoms with E-state index < -0.39 is 17.9 Å². The van der Waals surface area contributed by atoms with Crippen LogP contribution in [0.5, 0.6) is 5.75 Å².